The van der Waals surface area contributed by atoms with Crippen molar-refractivity contribution in [1.82, 2.24) is 0 Å². The van der Waals surface area contributed by atoms with E-state index in [-0.39, 0.29) is 17.1 Å². The quantitative estimate of drug-likeness (QED) is 0.317. The van der Waals surface area contributed by atoms with Gasteiger partial charge in [0.25, 0.3) is 0 Å². The van der Waals surface area contributed by atoms with E-state index < -0.39 is 37.3 Å². The molecule has 0 saturated carbocycles. The van der Waals surface area contributed by atoms with Crippen LogP contribution in [0.15, 0.2) is 0 Å². The fourth-order valence-corrected chi connectivity index (χ4v) is 0.602. The fourth-order valence-electron chi connectivity index (χ4n) is 0.602. The Kier molecular flexibility index (Phi) is 8.80. The van der Waals surface area contributed by atoms with Gasteiger partial charge in [0.1, 0.15) is 24.9 Å². The van der Waals surface area contributed by atoms with Gasteiger partial charge in [-0.25, -0.2) is 0 Å². The van der Waals surface area contributed by atoms with Crippen molar-refractivity contribution in [2.75, 3.05) is 13.2 Å². The fraction of sp³-hybridized carbons (Fsp3) is 0.833. The van der Waals surface area contributed by atoms with Crippen LogP contribution in [0.5, 0.6) is 0 Å². The number of Topliss-reactive ketones (excluding diaryl/α,β-unsaturated/α-hetero) is 1. The molecule has 0 saturated heterocycles. The summed E-state index contributed by atoms with van der Waals surface area (Å²) in [6, 6.07) is 0. The van der Waals surface area contributed by atoms with E-state index in [0.29, 0.717) is 0 Å². The Labute approximate surface area is 85.3 Å². The molecule has 0 aliphatic rings. The number of carbonyl (C=O) groups excluding carboxylic acids is 1. The second kappa shape index (κ2) is 7.40. The van der Waals surface area contributed by atoms with Crippen molar-refractivity contribution >= 4 is 5.78 Å². The van der Waals surface area contributed by atoms with Crippen molar-refractivity contribution in [1.29, 1.82) is 0 Å². The van der Waals surface area contributed by atoms with Crippen LogP contribution in [0.25, 0.3) is 0 Å². The van der Waals surface area contributed by atoms with Crippen molar-refractivity contribution < 1.29 is 47.4 Å². The zero-order valence-corrected chi connectivity index (χ0v) is 7.85. The monoisotopic (exact) mass is 235 g/mol. The topological polar surface area (TPSA) is 118 Å². The minimum atomic E-state index is -1.86. The molecule has 0 aromatic heterocycles. The standard InChI is InChI=1S/C6H12O6.Mn/c7-1-3(9)5(11)6(12)4(10)2-8;/h3,5-9,11-12H,1-2H2;. The normalized spacial score (nSPS) is 17.0. The molecule has 6 nitrogen and oxygen atoms in total. The number of carbonyl (C=O) groups is 1. The Bertz CT molecular complexity index is 152. The van der Waals surface area contributed by atoms with Crippen molar-refractivity contribution in [3.8, 4) is 0 Å². The molecule has 0 aliphatic carbocycles. The van der Waals surface area contributed by atoms with Gasteiger partial charge in [0, 0.05) is 17.1 Å². The Morgan fingerprint density at radius 2 is 1.62 bits per heavy atom. The maximum atomic E-state index is 10.5. The summed E-state index contributed by atoms with van der Waals surface area (Å²) in [5.74, 6) is -1.00. The van der Waals surface area contributed by atoms with E-state index in [0.717, 1.165) is 0 Å². The van der Waals surface area contributed by atoms with Crippen LogP contribution in [0, 0.1) is 0 Å². The zero-order chi connectivity index (χ0) is 9.72. The summed E-state index contributed by atoms with van der Waals surface area (Å²) < 4.78 is 0. The second-order valence-corrected chi connectivity index (χ2v) is 2.31. The molecule has 3 unspecified atom stereocenters. The number of hydrogen-bond acceptors (Lipinski definition) is 6. The number of ketones is 1. The predicted molar refractivity (Wildman–Crippen MR) is 37.2 cm³/mol. The molecule has 13 heavy (non-hydrogen) atoms. The van der Waals surface area contributed by atoms with Crippen LogP contribution in [0.3, 0.4) is 0 Å². The van der Waals surface area contributed by atoms with Gasteiger partial charge in [-0.15, -0.1) is 0 Å². The summed E-state index contributed by atoms with van der Waals surface area (Å²) in [5.41, 5.74) is 0. The van der Waals surface area contributed by atoms with E-state index in [1.807, 2.05) is 0 Å². The van der Waals surface area contributed by atoms with E-state index >= 15 is 0 Å². The first kappa shape index (κ1) is 15.5. The van der Waals surface area contributed by atoms with E-state index in [4.69, 9.17) is 25.5 Å². The van der Waals surface area contributed by atoms with Crippen LogP contribution in [0.4, 0.5) is 0 Å². The van der Waals surface area contributed by atoms with E-state index in [1.165, 1.54) is 0 Å². The number of aliphatic hydroxyl groups is 5. The number of hydrogen-bond donors (Lipinski definition) is 5. The van der Waals surface area contributed by atoms with E-state index in [1.54, 1.807) is 0 Å². The minimum Gasteiger partial charge on any atom is -0.394 e. The molecule has 0 aromatic rings. The molecule has 0 rings (SSSR count). The summed E-state index contributed by atoms with van der Waals surface area (Å²) in [7, 11) is 0. The van der Waals surface area contributed by atoms with Gasteiger partial charge in [0.15, 0.2) is 5.78 Å². The summed E-state index contributed by atoms with van der Waals surface area (Å²) >= 11 is 0. The summed E-state index contributed by atoms with van der Waals surface area (Å²) in [5, 5.41) is 43.1. The molecule has 0 bridgehead atoms. The van der Waals surface area contributed by atoms with Gasteiger partial charge in [-0.3, -0.25) is 4.79 Å². The molecule has 1 radical (unpaired) electrons. The molecule has 3 atom stereocenters. The average Bonchev–Trinajstić information content (AvgIpc) is 2.12. The second-order valence-electron chi connectivity index (χ2n) is 2.31. The molecule has 5 N–H and O–H groups in total. The van der Waals surface area contributed by atoms with Crippen LogP contribution in [-0.2, 0) is 21.9 Å². The van der Waals surface area contributed by atoms with Gasteiger partial charge in [0.05, 0.1) is 6.61 Å². The van der Waals surface area contributed by atoms with Crippen LogP contribution in [0.1, 0.15) is 0 Å². The smallest absolute Gasteiger partial charge is 0.189 e. The Balaban J connectivity index is 0. The zero-order valence-electron chi connectivity index (χ0n) is 6.67. The molecule has 0 amide bonds. The third-order valence-corrected chi connectivity index (χ3v) is 1.39. The first-order chi connectivity index (χ1) is 5.54. The molecule has 0 fully saturated rings. The Morgan fingerprint density at radius 3 is 1.92 bits per heavy atom. The van der Waals surface area contributed by atoms with Gasteiger partial charge in [-0.2, -0.15) is 0 Å². The molecule has 0 aromatic carbocycles. The molecular weight excluding hydrogens is 223 g/mol. The van der Waals surface area contributed by atoms with Crippen LogP contribution in [-0.4, -0.2) is 62.8 Å². The van der Waals surface area contributed by atoms with Crippen molar-refractivity contribution in [2.24, 2.45) is 0 Å². The Morgan fingerprint density at radius 1 is 1.15 bits per heavy atom. The average molecular weight is 235 g/mol. The maximum Gasteiger partial charge on any atom is 0.189 e. The first-order valence-electron chi connectivity index (χ1n) is 3.33. The molecule has 7 heteroatoms. The van der Waals surface area contributed by atoms with Crippen molar-refractivity contribution in [2.45, 2.75) is 18.3 Å². The first-order valence-corrected chi connectivity index (χ1v) is 3.33. The predicted octanol–water partition coefficient (Wildman–Crippen LogP) is -3.38. The number of aliphatic hydroxyl groups excluding tert-OH is 5. The molecule has 79 valence electrons. The summed E-state index contributed by atoms with van der Waals surface area (Å²) in [6.45, 7) is -1.69. The van der Waals surface area contributed by atoms with Gasteiger partial charge >= 0.3 is 0 Å². The Hall–Kier alpha value is -0.0105. The van der Waals surface area contributed by atoms with Gasteiger partial charge in [-0.05, 0) is 0 Å². The third-order valence-electron chi connectivity index (χ3n) is 1.39. The largest absolute Gasteiger partial charge is 0.394 e. The SMILES string of the molecule is O=C(CO)C(O)C(O)C(O)CO.[Mn]. The summed E-state index contributed by atoms with van der Waals surface area (Å²) in [4.78, 5) is 10.5. The van der Waals surface area contributed by atoms with Gasteiger partial charge in [0.2, 0.25) is 0 Å². The van der Waals surface area contributed by atoms with E-state index in [9.17, 15) is 4.79 Å². The molecule has 0 aliphatic heterocycles. The van der Waals surface area contributed by atoms with Crippen LogP contribution >= 0.6 is 0 Å². The van der Waals surface area contributed by atoms with Crippen molar-refractivity contribution in [3.05, 3.63) is 0 Å². The molecule has 0 spiro atoms. The van der Waals surface area contributed by atoms with Gasteiger partial charge < -0.3 is 25.5 Å². The summed E-state index contributed by atoms with van der Waals surface area (Å²) in [6.07, 6.45) is -5.22. The van der Waals surface area contributed by atoms with Gasteiger partial charge in [-0.1, -0.05) is 0 Å². The van der Waals surface area contributed by atoms with Crippen molar-refractivity contribution in [3.63, 3.8) is 0 Å². The molecular formula is C6H12MnO6. The van der Waals surface area contributed by atoms with Crippen LogP contribution in [0.2, 0.25) is 0 Å². The number of rotatable bonds is 5. The van der Waals surface area contributed by atoms with E-state index in [2.05, 4.69) is 0 Å². The maximum absolute atomic E-state index is 10.5. The minimum absolute atomic E-state index is 0. The third kappa shape index (κ3) is 4.68. The van der Waals surface area contributed by atoms with Crippen LogP contribution < -0.4 is 0 Å². The molecule has 0 heterocycles.